The molecule has 2 aromatic carbocycles. The lowest BCUT2D eigenvalue weighted by Gasteiger charge is -2.35. The van der Waals surface area contributed by atoms with Crippen LogP contribution in [-0.4, -0.2) is 75.1 Å². The Labute approximate surface area is 195 Å². The Morgan fingerprint density at radius 3 is 2.33 bits per heavy atom. The summed E-state index contributed by atoms with van der Waals surface area (Å²) in [5.41, 5.74) is 3.08. The maximum atomic E-state index is 13.0. The van der Waals surface area contributed by atoms with Gasteiger partial charge < -0.3 is 14.5 Å². The lowest BCUT2D eigenvalue weighted by Crippen LogP contribution is -2.51. The third-order valence-corrected chi connectivity index (χ3v) is 7.45. The molecule has 0 N–H and O–H groups in total. The zero-order valence-electron chi connectivity index (χ0n) is 19.1. The van der Waals surface area contributed by atoms with Crippen LogP contribution in [0.3, 0.4) is 0 Å². The Morgan fingerprint density at radius 2 is 1.70 bits per heavy atom. The van der Waals surface area contributed by atoms with Crippen molar-refractivity contribution in [3.05, 3.63) is 65.7 Å². The van der Waals surface area contributed by atoms with E-state index in [1.165, 1.54) is 16.3 Å². The molecule has 0 aliphatic carbocycles. The molecule has 9 heteroatoms. The first-order chi connectivity index (χ1) is 15.8. The second-order valence-corrected chi connectivity index (χ2v) is 10.1. The van der Waals surface area contributed by atoms with Crippen molar-refractivity contribution in [1.29, 1.82) is 0 Å². The normalized spacial score (nSPS) is 14.7. The number of piperazine rings is 1. The number of carbonyl (C=O) groups is 2. The molecular weight excluding hydrogens is 442 g/mol. The summed E-state index contributed by atoms with van der Waals surface area (Å²) in [6, 6.07) is 17.4. The quantitative estimate of drug-likeness (QED) is 0.518. The second-order valence-electron chi connectivity index (χ2n) is 8.11. The number of esters is 1. The number of hydrogen-bond acceptors (Lipinski definition) is 6. The smallest absolute Gasteiger partial charge is 0.307 e. The summed E-state index contributed by atoms with van der Waals surface area (Å²) in [5, 5.41) is 0. The van der Waals surface area contributed by atoms with E-state index in [4.69, 9.17) is 0 Å². The van der Waals surface area contributed by atoms with Crippen molar-refractivity contribution in [2.45, 2.75) is 19.9 Å². The third kappa shape index (κ3) is 7.03. The van der Waals surface area contributed by atoms with Crippen LogP contribution < -0.4 is 4.90 Å². The molecule has 1 fully saturated rings. The van der Waals surface area contributed by atoms with Crippen molar-refractivity contribution >= 4 is 27.6 Å². The van der Waals surface area contributed by atoms with Gasteiger partial charge in [-0.25, -0.2) is 8.42 Å². The molecule has 1 saturated heterocycles. The van der Waals surface area contributed by atoms with Crippen molar-refractivity contribution in [1.82, 2.24) is 9.21 Å². The van der Waals surface area contributed by atoms with Crippen LogP contribution in [0.5, 0.6) is 0 Å². The van der Waals surface area contributed by atoms with Crippen LogP contribution in [0, 0.1) is 6.92 Å². The Hall–Kier alpha value is -2.91. The summed E-state index contributed by atoms with van der Waals surface area (Å²) >= 11 is 0. The Morgan fingerprint density at radius 1 is 1.00 bits per heavy atom. The minimum atomic E-state index is -3.78. The average Bonchev–Trinajstić information content (AvgIpc) is 2.82. The number of nitrogens with zero attached hydrogens (tertiary/aromatic N) is 3. The van der Waals surface area contributed by atoms with Crippen LogP contribution in [0.2, 0.25) is 0 Å². The van der Waals surface area contributed by atoms with E-state index in [1.54, 1.807) is 0 Å². The van der Waals surface area contributed by atoms with E-state index >= 15 is 0 Å². The van der Waals surface area contributed by atoms with Gasteiger partial charge >= 0.3 is 5.97 Å². The molecule has 0 radical (unpaired) electrons. The lowest BCUT2D eigenvalue weighted by molar-refractivity contribution is -0.141. The number of methoxy groups -OCH3 is 1. The fourth-order valence-electron chi connectivity index (χ4n) is 3.81. The van der Waals surface area contributed by atoms with E-state index in [0.29, 0.717) is 26.2 Å². The van der Waals surface area contributed by atoms with Gasteiger partial charge in [0.2, 0.25) is 15.9 Å². The van der Waals surface area contributed by atoms with Crippen LogP contribution in [0.25, 0.3) is 0 Å². The van der Waals surface area contributed by atoms with Gasteiger partial charge in [0.15, 0.2) is 0 Å². The molecule has 33 heavy (non-hydrogen) atoms. The zero-order valence-corrected chi connectivity index (χ0v) is 20.0. The molecule has 0 aromatic heterocycles. The summed E-state index contributed by atoms with van der Waals surface area (Å²) in [7, 11) is -2.49. The highest BCUT2D eigenvalue weighted by Crippen LogP contribution is 2.19. The van der Waals surface area contributed by atoms with Gasteiger partial charge in [-0.2, -0.15) is 4.31 Å². The molecule has 0 saturated carbocycles. The Balaban J connectivity index is 1.63. The first kappa shape index (κ1) is 24.7. The molecule has 3 rings (SSSR count). The summed E-state index contributed by atoms with van der Waals surface area (Å²) in [6.45, 7) is 4.12. The first-order valence-electron chi connectivity index (χ1n) is 11.0. The monoisotopic (exact) mass is 473 g/mol. The van der Waals surface area contributed by atoms with E-state index in [-0.39, 0.29) is 19.5 Å². The van der Waals surface area contributed by atoms with Gasteiger partial charge in [-0.3, -0.25) is 9.59 Å². The summed E-state index contributed by atoms with van der Waals surface area (Å²) in [4.78, 5) is 28.2. The predicted molar refractivity (Wildman–Crippen MR) is 127 cm³/mol. The maximum absolute atomic E-state index is 13.0. The number of anilines is 1. The van der Waals surface area contributed by atoms with Crippen LogP contribution in [-0.2, 0) is 30.9 Å². The van der Waals surface area contributed by atoms with Crippen LogP contribution in [0.1, 0.15) is 17.5 Å². The van der Waals surface area contributed by atoms with E-state index in [1.807, 2.05) is 55.5 Å². The van der Waals surface area contributed by atoms with Gasteiger partial charge in [-0.15, -0.1) is 0 Å². The van der Waals surface area contributed by atoms with Crippen LogP contribution >= 0.6 is 0 Å². The second kappa shape index (κ2) is 11.3. The van der Waals surface area contributed by atoms with Gasteiger partial charge in [0.05, 0.1) is 13.5 Å². The van der Waals surface area contributed by atoms with Crippen molar-refractivity contribution in [3.63, 3.8) is 0 Å². The molecule has 0 spiro atoms. The molecule has 1 amide bonds. The van der Waals surface area contributed by atoms with Crippen molar-refractivity contribution < 1.29 is 22.7 Å². The molecule has 0 bridgehead atoms. The Bertz CT molecular complexity index is 1050. The molecule has 1 aliphatic rings. The lowest BCUT2D eigenvalue weighted by atomic mass is 10.2. The zero-order chi connectivity index (χ0) is 23.8. The number of ether oxygens (including phenoxy) is 1. The number of sulfonamides is 1. The van der Waals surface area contributed by atoms with Gasteiger partial charge in [0, 0.05) is 45.0 Å². The number of amides is 1. The maximum Gasteiger partial charge on any atom is 0.307 e. The summed E-state index contributed by atoms with van der Waals surface area (Å²) in [5.74, 6) is -1.59. The molecule has 8 nitrogen and oxygen atoms in total. The fraction of sp³-hybridized carbons (Fsp3) is 0.417. The molecule has 178 valence electrons. The number of carbonyl (C=O) groups excluding carboxylic acids is 2. The molecule has 2 aromatic rings. The minimum absolute atomic E-state index is 0.00425. The highest BCUT2D eigenvalue weighted by molar-refractivity contribution is 7.89. The number of rotatable bonds is 9. The highest BCUT2D eigenvalue weighted by atomic mass is 32.2. The summed E-state index contributed by atoms with van der Waals surface area (Å²) in [6.07, 6.45) is 0.00425. The molecule has 0 atom stereocenters. The van der Waals surface area contributed by atoms with E-state index in [9.17, 15) is 18.0 Å². The van der Waals surface area contributed by atoms with Gasteiger partial charge in [0.25, 0.3) is 0 Å². The predicted octanol–water partition coefficient (Wildman–Crippen LogP) is 2.04. The largest absolute Gasteiger partial charge is 0.469 e. The average molecular weight is 474 g/mol. The number of benzene rings is 2. The summed E-state index contributed by atoms with van der Waals surface area (Å²) < 4.78 is 32.1. The highest BCUT2D eigenvalue weighted by Gasteiger charge is 2.31. The molecule has 1 aliphatic heterocycles. The number of hydrogen-bond donors (Lipinski definition) is 0. The van der Waals surface area contributed by atoms with Crippen molar-refractivity contribution in [2.24, 2.45) is 0 Å². The topological polar surface area (TPSA) is 87.2 Å². The third-order valence-electron chi connectivity index (χ3n) is 5.69. The fourth-order valence-corrected chi connectivity index (χ4v) is 5.21. The molecule has 1 heterocycles. The van der Waals surface area contributed by atoms with Crippen LogP contribution in [0.4, 0.5) is 5.69 Å². The van der Waals surface area contributed by atoms with Crippen LogP contribution in [0.15, 0.2) is 54.6 Å². The van der Waals surface area contributed by atoms with Crippen molar-refractivity contribution in [2.75, 3.05) is 50.5 Å². The van der Waals surface area contributed by atoms with Gasteiger partial charge in [-0.1, -0.05) is 42.5 Å². The van der Waals surface area contributed by atoms with Gasteiger partial charge in [0.1, 0.15) is 5.75 Å². The van der Waals surface area contributed by atoms with Gasteiger partial charge in [-0.05, 0) is 30.2 Å². The van der Waals surface area contributed by atoms with E-state index in [0.717, 1.165) is 16.8 Å². The Kier molecular flexibility index (Phi) is 8.46. The minimum Gasteiger partial charge on any atom is -0.469 e. The number of aryl methyl sites for hydroxylation is 1. The standard InChI is InChI=1S/C24H31N3O5S/c1-20-7-6-10-22(17-20)25-13-15-27(16-14-25)33(30,31)19-23(28)26(12-11-24(29)32-2)18-21-8-4-3-5-9-21/h3-10,17H,11-16,18-19H2,1-2H3. The SMILES string of the molecule is COC(=O)CCN(Cc1ccccc1)C(=O)CS(=O)(=O)N1CCN(c2cccc(C)c2)CC1. The van der Waals surface area contributed by atoms with Crippen molar-refractivity contribution in [3.8, 4) is 0 Å². The molecular formula is C24H31N3O5S. The van der Waals surface area contributed by atoms with E-state index < -0.39 is 27.7 Å². The first-order valence-corrected chi connectivity index (χ1v) is 12.6. The molecule has 0 unspecified atom stereocenters. The van der Waals surface area contributed by atoms with E-state index in [2.05, 4.69) is 15.7 Å².